The van der Waals surface area contributed by atoms with E-state index in [0.29, 0.717) is 11.1 Å². The van der Waals surface area contributed by atoms with Gasteiger partial charge in [0.15, 0.2) is 0 Å². The second kappa shape index (κ2) is 4.81. The van der Waals surface area contributed by atoms with Crippen molar-refractivity contribution in [3.63, 3.8) is 0 Å². The molecule has 0 aliphatic carbocycles. The lowest BCUT2D eigenvalue weighted by atomic mass is 10.1. The zero-order valence-corrected chi connectivity index (χ0v) is 8.58. The van der Waals surface area contributed by atoms with Gasteiger partial charge in [-0.15, -0.1) is 0 Å². The number of benzene rings is 1. The van der Waals surface area contributed by atoms with Crippen LogP contribution in [-0.2, 0) is 0 Å². The van der Waals surface area contributed by atoms with Crippen LogP contribution < -0.4 is 0 Å². The summed E-state index contributed by atoms with van der Waals surface area (Å²) in [5.74, 6) is 0. The highest BCUT2D eigenvalue weighted by molar-refractivity contribution is 8.76. The van der Waals surface area contributed by atoms with Crippen molar-refractivity contribution in [3.8, 4) is 12.1 Å². The van der Waals surface area contributed by atoms with Crippen LogP contribution in [-0.4, -0.2) is 6.26 Å². The predicted octanol–water partition coefficient (Wildman–Crippen LogP) is 2.80. The van der Waals surface area contributed by atoms with Crippen molar-refractivity contribution < 1.29 is 0 Å². The lowest BCUT2D eigenvalue weighted by Gasteiger charge is -2.01. The van der Waals surface area contributed by atoms with Crippen LogP contribution in [0.3, 0.4) is 0 Å². The van der Waals surface area contributed by atoms with Crippen LogP contribution in [0.15, 0.2) is 23.1 Å². The van der Waals surface area contributed by atoms with Crippen molar-refractivity contribution in [2.45, 2.75) is 4.90 Å². The van der Waals surface area contributed by atoms with Crippen LogP contribution in [0.2, 0.25) is 0 Å². The van der Waals surface area contributed by atoms with Crippen LogP contribution in [0.5, 0.6) is 0 Å². The van der Waals surface area contributed by atoms with E-state index in [2.05, 4.69) is 12.1 Å². The Morgan fingerprint density at radius 3 is 2.08 bits per heavy atom. The van der Waals surface area contributed by atoms with Crippen molar-refractivity contribution in [2.24, 2.45) is 0 Å². The van der Waals surface area contributed by atoms with Crippen molar-refractivity contribution >= 4 is 21.6 Å². The second-order valence-corrected chi connectivity index (χ2v) is 4.56. The number of nitrogens with zero attached hydrogens (tertiary/aromatic N) is 2. The fourth-order valence-electron chi connectivity index (χ4n) is 0.886. The molecule has 2 nitrogen and oxygen atoms in total. The van der Waals surface area contributed by atoms with E-state index in [0.717, 1.165) is 4.90 Å². The molecule has 0 atom stereocenters. The molecule has 1 aromatic carbocycles. The molecule has 1 aromatic rings. The van der Waals surface area contributed by atoms with Gasteiger partial charge >= 0.3 is 0 Å². The summed E-state index contributed by atoms with van der Waals surface area (Å²) in [5, 5.41) is 17.6. The van der Waals surface area contributed by atoms with Gasteiger partial charge in [0.05, 0.1) is 16.0 Å². The predicted molar refractivity (Wildman–Crippen MR) is 55.2 cm³/mol. The Kier molecular flexibility index (Phi) is 3.70. The van der Waals surface area contributed by atoms with Gasteiger partial charge in [0, 0.05) is 0 Å². The molecule has 0 saturated carbocycles. The zero-order valence-electron chi connectivity index (χ0n) is 6.94. The van der Waals surface area contributed by atoms with E-state index in [1.807, 2.05) is 6.26 Å². The van der Waals surface area contributed by atoms with Gasteiger partial charge in [0.25, 0.3) is 0 Å². The van der Waals surface area contributed by atoms with E-state index in [4.69, 9.17) is 10.5 Å². The molecule has 13 heavy (non-hydrogen) atoms. The zero-order chi connectivity index (χ0) is 9.68. The molecule has 1 rings (SSSR count). The largest absolute Gasteiger partial charge is 0.192 e. The minimum atomic E-state index is 0.568. The summed E-state index contributed by atoms with van der Waals surface area (Å²) >= 11 is 0. The molecule has 4 heteroatoms. The molecule has 0 aliphatic heterocycles. The maximum atomic E-state index is 8.78. The molecular weight excluding hydrogens is 200 g/mol. The SMILES string of the molecule is CSSc1c(C#N)cccc1C#N. The average Bonchev–Trinajstić information content (AvgIpc) is 2.18. The minimum absolute atomic E-state index is 0.568. The third-order valence-electron chi connectivity index (χ3n) is 1.42. The van der Waals surface area contributed by atoms with Gasteiger partial charge in [0.2, 0.25) is 0 Å². The third-order valence-corrected chi connectivity index (χ3v) is 3.20. The van der Waals surface area contributed by atoms with Crippen LogP contribution in [0.1, 0.15) is 11.1 Å². The summed E-state index contributed by atoms with van der Waals surface area (Å²) in [5.41, 5.74) is 1.14. The number of hydrogen-bond donors (Lipinski definition) is 0. The minimum Gasteiger partial charge on any atom is -0.192 e. The molecule has 0 fully saturated rings. The highest BCUT2D eigenvalue weighted by atomic mass is 33.1. The van der Waals surface area contributed by atoms with E-state index >= 15 is 0 Å². The van der Waals surface area contributed by atoms with E-state index in [1.165, 1.54) is 21.6 Å². The molecule has 0 aliphatic rings. The fourth-order valence-corrected chi connectivity index (χ4v) is 2.50. The number of rotatable bonds is 2. The van der Waals surface area contributed by atoms with Crippen molar-refractivity contribution in [2.75, 3.05) is 6.26 Å². The maximum absolute atomic E-state index is 8.78. The van der Waals surface area contributed by atoms with E-state index < -0.39 is 0 Å². The summed E-state index contributed by atoms with van der Waals surface area (Å²) in [6, 6.07) is 9.31. The molecule has 64 valence electrons. The Bertz CT molecular complexity index is 355. The molecule has 0 N–H and O–H groups in total. The van der Waals surface area contributed by atoms with Crippen molar-refractivity contribution in [3.05, 3.63) is 29.3 Å². The topological polar surface area (TPSA) is 47.6 Å². The molecule has 0 bridgehead atoms. The Morgan fingerprint density at radius 2 is 1.69 bits per heavy atom. The molecular formula is C9H6N2S2. The quantitative estimate of drug-likeness (QED) is 0.698. The summed E-state index contributed by atoms with van der Waals surface area (Å²) in [6.07, 6.45) is 1.92. The van der Waals surface area contributed by atoms with Gasteiger partial charge in [-0.1, -0.05) is 27.7 Å². The Morgan fingerprint density at radius 1 is 1.15 bits per heavy atom. The van der Waals surface area contributed by atoms with Gasteiger partial charge < -0.3 is 0 Å². The third kappa shape index (κ3) is 2.18. The first-order valence-corrected chi connectivity index (χ1v) is 6.03. The Balaban J connectivity index is 3.25. The number of hydrogen-bond acceptors (Lipinski definition) is 4. The Hall–Kier alpha value is -1.10. The molecule has 0 spiro atoms. The molecule has 0 radical (unpaired) electrons. The van der Waals surface area contributed by atoms with Gasteiger partial charge in [-0.05, 0) is 18.4 Å². The smallest absolute Gasteiger partial charge is 0.100 e. The lowest BCUT2D eigenvalue weighted by molar-refractivity contribution is 1.32. The highest BCUT2D eigenvalue weighted by Gasteiger charge is 2.07. The number of nitriles is 2. The summed E-state index contributed by atoms with van der Waals surface area (Å²) in [4.78, 5) is 0.764. The van der Waals surface area contributed by atoms with Gasteiger partial charge in [-0.3, -0.25) is 0 Å². The van der Waals surface area contributed by atoms with Gasteiger partial charge in [-0.25, -0.2) is 0 Å². The van der Waals surface area contributed by atoms with Crippen LogP contribution in [0.25, 0.3) is 0 Å². The normalized spacial score (nSPS) is 8.85. The first-order valence-electron chi connectivity index (χ1n) is 3.47. The van der Waals surface area contributed by atoms with Crippen LogP contribution >= 0.6 is 21.6 Å². The molecule has 0 aromatic heterocycles. The molecule has 0 unspecified atom stereocenters. The standard InChI is InChI=1S/C9H6N2S2/c1-12-13-9-7(5-10)3-2-4-8(9)6-11/h2-4H,1H3. The van der Waals surface area contributed by atoms with Crippen LogP contribution in [0.4, 0.5) is 0 Å². The summed E-state index contributed by atoms with van der Waals surface area (Å²) in [6.45, 7) is 0. The molecule has 0 saturated heterocycles. The van der Waals surface area contributed by atoms with Crippen LogP contribution in [0, 0.1) is 22.7 Å². The van der Waals surface area contributed by atoms with Gasteiger partial charge in [-0.2, -0.15) is 10.5 Å². The van der Waals surface area contributed by atoms with Crippen molar-refractivity contribution in [1.29, 1.82) is 10.5 Å². The lowest BCUT2D eigenvalue weighted by Crippen LogP contribution is -1.84. The Labute approximate surface area is 85.0 Å². The van der Waals surface area contributed by atoms with E-state index in [-0.39, 0.29) is 0 Å². The first kappa shape index (κ1) is 9.98. The first-order chi connectivity index (χ1) is 6.33. The van der Waals surface area contributed by atoms with Crippen molar-refractivity contribution in [1.82, 2.24) is 0 Å². The maximum Gasteiger partial charge on any atom is 0.100 e. The second-order valence-electron chi connectivity index (χ2n) is 2.16. The summed E-state index contributed by atoms with van der Waals surface area (Å²) in [7, 11) is 2.98. The van der Waals surface area contributed by atoms with E-state index in [9.17, 15) is 0 Å². The average molecular weight is 206 g/mol. The molecule has 0 amide bonds. The highest BCUT2D eigenvalue weighted by Crippen LogP contribution is 2.33. The monoisotopic (exact) mass is 206 g/mol. The fraction of sp³-hybridized carbons (Fsp3) is 0.111. The van der Waals surface area contributed by atoms with Gasteiger partial charge in [0.1, 0.15) is 12.1 Å². The van der Waals surface area contributed by atoms with E-state index in [1.54, 1.807) is 18.2 Å². The summed E-state index contributed by atoms with van der Waals surface area (Å²) < 4.78 is 0. The molecule has 0 heterocycles.